The van der Waals surface area contributed by atoms with E-state index in [0.717, 1.165) is 26.0 Å². The second-order valence-corrected chi connectivity index (χ2v) is 6.27. The zero-order chi connectivity index (χ0) is 16.1. The van der Waals surface area contributed by atoms with Crippen molar-refractivity contribution in [1.29, 1.82) is 0 Å². The number of carbonyl (C=O) groups is 2. The second-order valence-electron chi connectivity index (χ2n) is 6.27. The maximum absolute atomic E-state index is 12.7. The van der Waals surface area contributed by atoms with Crippen molar-refractivity contribution in [1.82, 2.24) is 15.1 Å². The molecule has 3 unspecified atom stereocenters. The van der Waals surface area contributed by atoms with Crippen LogP contribution in [-0.4, -0.2) is 72.6 Å². The van der Waals surface area contributed by atoms with E-state index < -0.39 is 0 Å². The molecule has 0 aromatic carbocycles. The highest BCUT2D eigenvalue weighted by Crippen LogP contribution is 2.21. The predicted octanol–water partition coefficient (Wildman–Crippen LogP) is 1.03. The summed E-state index contributed by atoms with van der Waals surface area (Å²) < 4.78 is 5.43. The number of amides is 2. The number of halogens is 1. The Labute approximate surface area is 145 Å². The highest BCUT2D eigenvalue weighted by Gasteiger charge is 2.36. The normalized spacial score (nSPS) is 28.2. The van der Waals surface area contributed by atoms with E-state index in [-0.39, 0.29) is 42.3 Å². The minimum Gasteiger partial charge on any atom is -0.378 e. The van der Waals surface area contributed by atoms with Gasteiger partial charge in [0.2, 0.25) is 11.8 Å². The maximum atomic E-state index is 12.7. The van der Waals surface area contributed by atoms with Gasteiger partial charge in [-0.05, 0) is 12.8 Å². The van der Waals surface area contributed by atoms with Gasteiger partial charge in [-0.25, -0.2) is 0 Å². The molecule has 23 heavy (non-hydrogen) atoms. The van der Waals surface area contributed by atoms with Crippen LogP contribution >= 0.6 is 12.4 Å². The van der Waals surface area contributed by atoms with Gasteiger partial charge in [0.15, 0.2) is 0 Å². The van der Waals surface area contributed by atoms with Crippen molar-refractivity contribution >= 4 is 24.2 Å². The minimum atomic E-state index is 0. The number of morpholine rings is 1. The first-order valence-corrected chi connectivity index (χ1v) is 8.44. The van der Waals surface area contributed by atoms with E-state index in [2.05, 4.69) is 19.2 Å². The van der Waals surface area contributed by atoms with E-state index in [4.69, 9.17) is 4.74 Å². The average molecular weight is 348 g/mol. The van der Waals surface area contributed by atoms with Gasteiger partial charge in [-0.2, -0.15) is 0 Å². The van der Waals surface area contributed by atoms with E-state index in [1.54, 1.807) is 6.92 Å². The van der Waals surface area contributed by atoms with Gasteiger partial charge >= 0.3 is 0 Å². The smallest absolute Gasteiger partial charge is 0.224 e. The number of carbonyl (C=O) groups excluding carboxylic acids is 2. The Bertz CT molecular complexity index is 402. The fourth-order valence-corrected chi connectivity index (χ4v) is 3.42. The summed E-state index contributed by atoms with van der Waals surface area (Å²) >= 11 is 0. The lowest BCUT2D eigenvalue weighted by Gasteiger charge is -2.46. The fourth-order valence-electron chi connectivity index (χ4n) is 3.42. The van der Waals surface area contributed by atoms with E-state index in [1.807, 2.05) is 9.80 Å². The van der Waals surface area contributed by atoms with Gasteiger partial charge in [0.05, 0.1) is 13.2 Å². The van der Waals surface area contributed by atoms with Gasteiger partial charge in [0, 0.05) is 51.1 Å². The Morgan fingerprint density at radius 3 is 2.26 bits per heavy atom. The van der Waals surface area contributed by atoms with Crippen LogP contribution in [0.2, 0.25) is 0 Å². The Hall–Kier alpha value is -0.850. The topological polar surface area (TPSA) is 61.9 Å². The van der Waals surface area contributed by atoms with Crippen molar-refractivity contribution in [3.8, 4) is 0 Å². The Kier molecular flexibility index (Phi) is 8.29. The second kappa shape index (κ2) is 9.45. The van der Waals surface area contributed by atoms with Gasteiger partial charge in [0.1, 0.15) is 0 Å². The molecule has 2 rings (SSSR count). The zero-order valence-electron chi connectivity index (χ0n) is 14.4. The van der Waals surface area contributed by atoms with Gasteiger partial charge in [-0.3, -0.25) is 9.59 Å². The maximum Gasteiger partial charge on any atom is 0.224 e. The first kappa shape index (κ1) is 20.2. The van der Waals surface area contributed by atoms with E-state index in [1.165, 1.54) is 0 Å². The number of nitrogens with one attached hydrogen (secondary N) is 1. The van der Waals surface area contributed by atoms with Crippen molar-refractivity contribution in [3.63, 3.8) is 0 Å². The highest BCUT2D eigenvalue weighted by molar-refractivity contribution is 5.85. The Morgan fingerprint density at radius 1 is 1.13 bits per heavy atom. The Morgan fingerprint density at radius 2 is 1.74 bits per heavy atom. The molecular weight excluding hydrogens is 318 g/mol. The van der Waals surface area contributed by atoms with Crippen LogP contribution in [0.5, 0.6) is 0 Å². The largest absolute Gasteiger partial charge is 0.378 e. The summed E-state index contributed by atoms with van der Waals surface area (Å²) in [5.41, 5.74) is 0. The molecule has 2 saturated heterocycles. The first-order chi connectivity index (χ1) is 10.6. The van der Waals surface area contributed by atoms with Gasteiger partial charge in [0.25, 0.3) is 0 Å². The van der Waals surface area contributed by atoms with Gasteiger partial charge < -0.3 is 19.9 Å². The monoisotopic (exact) mass is 347 g/mol. The third-order valence-corrected chi connectivity index (χ3v) is 4.78. The molecule has 7 heteroatoms. The number of hydrogen-bond acceptors (Lipinski definition) is 4. The summed E-state index contributed by atoms with van der Waals surface area (Å²) in [5, 5.41) is 3.34. The van der Waals surface area contributed by atoms with Crippen molar-refractivity contribution in [2.45, 2.75) is 58.2 Å². The molecule has 0 radical (unpaired) electrons. The van der Waals surface area contributed by atoms with Crippen molar-refractivity contribution in [2.75, 3.05) is 32.8 Å². The minimum absolute atomic E-state index is 0. The van der Waals surface area contributed by atoms with Gasteiger partial charge in [-0.15, -0.1) is 12.4 Å². The van der Waals surface area contributed by atoms with Crippen LogP contribution < -0.4 is 5.32 Å². The molecular formula is C16H30ClN3O3. The molecule has 2 aliphatic rings. The molecule has 2 aliphatic heterocycles. The lowest BCUT2D eigenvalue weighted by Crippen LogP contribution is -2.61. The summed E-state index contributed by atoms with van der Waals surface area (Å²) in [4.78, 5) is 28.4. The average Bonchev–Trinajstić information content (AvgIpc) is 2.54. The molecule has 0 aliphatic carbocycles. The highest BCUT2D eigenvalue weighted by atomic mass is 35.5. The molecule has 0 spiro atoms. The van der Waals surface area contributed by atoms with Crippen molar-refractivity contribution in [3.05, 3.63) is 0 Å². The zero-order valence-corrected chi connectivity index (χ0v) is 15.2. The van der Waals surface area contributed by atoms with Crippen LogP contribution in [0.15, 0.2) is 0 Å². The standard InChI is InChI=1S/C16H29N3O3.ClH/c1-4-14-10-19(15(5-2)9-18(14)12(3)20)16(21)8-13-11-22-7-6-17-13;/h13-15,17H,4-11H2,1-3H3;1H. The predicted molar refractivity (Wildman–Crippen MR) is 91.7 cm³/mol. The summed E-state index contributed by atoms with van der Waals surface area (Å²) in [5.74, 6) is 0.288. The summed E-state index contributed by atoms with van der Waals surface area (Å²) in [6.07, 6.45) is 2.23. The molecule has 1 N–H and O–H groups in total. The lowest BCUT2D eigenvalue weighted by atomic mass is 10.0. The number of ether oxygens (including phenoxy) is 1. The molecule has 2 heterocycles. The number of nitrogens with zero attached hydrogens (tertiary/aromatic N) is 2. The van der Waals surface area contributed by atoms with Crippen LogP contribution in [0.3, 0.4) is 0 Å². The van der Waals surface area contributed by atoms with Crippen LogP contribution in [-0.2, 0) is 14.3 Å². The van der Waals surface area contributed by atoms with E-state index in [9.17, 15) is 9.59 Å². The number of piperazine rings is 1. The van der Waals surface area contributed by atoms with Crippen LogP contribution in [0.1, 0.15) is 40.0 Å². The fraction of sp³-hybridized carbons (Fsp3) is 0.875. The summed E-state index contributed by atoms with van der Waals surface area (Å²) in [7, 11) is 0. The molecule has 0 bridgehead atoms. The summed E-state index contributed by atoms with van der Waals surface area (Å²) in [6, 6.07) is 0.383. The SMILES string of the molecule is CCC1CN(C(=O)CC2COCCN2)C(CC)CN1C(C)=O.Cl. The third kappa shape index (κ3) is 5.06. The van der Waals surface area contributed by atoms with Crippen molar-refractivity contribution in [2.24, 2.45) is 0 Å². The third-order valence-electron chi connectivity index (χ3n) is 4.78. The molecule has 134 valence electrons. The molecule has 6 nitrogen and oxygen atoms in total. The van der Waals surface area contributed by atoms with E-state index in [0.29, 0.717) is 26.1 Å². The van der Waals surface area contributed by atoms with Crippen LogP contribution in [0.4, 0.5) is 0 Å². The van der Waals surface area contributed by atoms with Crippen molar-refractivity contribution < 1.29 is 14.3 Å². The molecule has 2 fully saturated rings. The van der Waals surface area contributed by atoms with Crippen LogP contribution in [0.25, 0.3) is 0 Å². The van der Waals surface area contributed by atoms with Crippen LogP contribution in [0, 0.1) is 0 Å². The summed E-state index contributed by atoms with van der Waals surface area (Å²) in [6.45, 7) is 9.22. The Balaban J connectivity index is 0.00000264. The number of hydrogen-bond donors (Lipinski definition) is 1. The molecule has 0 saturated carbocycles. The van der Waals surface area contributed by atoms with E-state index >= 15 is 0 Å². The quantitative estimate of drug-likeness (QED) is 0.825. The first-order valence-electron chi connectivity index (χ1n) is 8.44. The van der Waals surface area contributed by atoms with Gasteiger partial charge in [-0.1, -0.05) is 13.8 Å². The molecule has 0 aromatic rings. The number of rotatable bonds is 4. The molecule has 0 aromatic heterocycles. The molecule has 2 amide bonds. The molecule has 3 atom stereocenters. The lowest BCUT2D eigenvalue weighted by molar-refractivity contribution is -0.146.